The molecule has 156 valence electrons. The summed E-state index contributed by atoms with van der Waals surface area (Å²) in [6.07, 6.45) is 0.891. The van der Waals surface area contributed by atoms with E-state index in [-0.39, 0.29) is 30.7 Å². The lowest BCUT2D eigenvalue weighted by Crippen LogP contribution is -2.42. The Balaban J connectivity index is 1.60. The molecular weight excluding hydrogens is 455 g/mol. The van der Waals surface area contributed by atoms with Crippen molar-refractivity contribution < 1.29 is 13.2 Å². The van der Waals surface area contributed by atoms with Crippen LogP contribution in [0.1, 0.15) is 24.0 Å². The number of sulfonamides is 1. The first kappa shape index (κ1) is 22.4. The van der Waals surface area contributed by atoms with E-state index in [1.165, 1.54) is 4.31 Å². The summed E-state index contributed by atoms with van der Waals surface area (Å²) in [6.45, 7) is 2.44. The van der Waals surface area contributed by atoms with E-state index in [1.807, 2.05) is 13.0 Å². The molecule has 9 heteroatoms. The van der Waals surface area contributed by atoms with Gasteiger partial charge in [0.1, 0.15) is 0 Å². The molecule has 1 N–H and O–H groups in total. The quantitative estimate of drug-likeness (QED) is 0.651. The van der Waals surface area contributed by atoms with Crippen LogP contribution in [-0.4, -0.2) is 31.7 Å². The number of benzene rings is 2. The van der Waals surface area contributed by atoms with Crippen LogP contribution in [-0.2, 0) is 20.6 Å². The summed E-state index contributed by atoms with van der Waals surface area (Å²) in [5, 5.41) is 4.10. The normalized spacial score (nSPS) is 16.0. The molecule has 0 spiro atoms. The molecule has 0 aliphatic carbocycles. The lowest BCUT2D eigenvalue weighted by molar-refractivity contribution is -0.120. The van der Waals surface area contributed by atoms with Crippen molar-refractivity contribution in [2.24, 2.45) is 5.92 Å². The molecule has 1 saturated heterocycles. The van der Waals surface area contributed by atoms with E-state index in [9.17, 15) is 13.2 Å². The van der Waals surface area contributed by atoms with Crippen molar-refractivity contribution in [2.75, 3.05) is 18.4 Å². The van der Waals surface area contributed by atoms with E-state index in [0.29, 0.717) is 39.2 Å². The monoisotopic (exact) mass is 474 g/mol. The largest absolute Gasteiger partial charge is 0.326 e. The average molecular weight is 476 g/mol. The molecule has 2 aromatic rings. The molecule has 0 unspecified atom stereocenters. The molecule has 0 saturated carbocycles. The van der Waals surface area contributed by atoms with Gasteiger partial charge in [-0.2, -0.15) is 0 Å². The highest BCUT2D eigenvalue weighted by Crippen LogP contribution is 2.29. The van der Waals surface area contributed by atoms with Crippen molar-refractivity contribution in [1.29, 1.82) is 0 Å². The highest BCUT2D eigenvalue weighted by atomic mass is 35.5. The molecule has 1 fully saturated rings. The predicted molar refractivity (Wildman–Crippen MR) is 118 cm³/mol. The Morgan fingerprint density at radius 1 is 1.07 bits per heavy atom. The first-order chi connectivity index (χ1) is 13.7. The molecule has 5 nitrogen and oxygen atoms in total. The van der Waals surface area contributed by atoms with E-state index in [0.717, 1.165) is 5.56 Å². The van der Waals surface area contributed by atoms with Crippen molar-refractivity contribution in [3.8, 4) is 0 Å². The maximum atomic E-state index is 12.8. The molecule has 0 atom stereocenters. The second-order valence-electron chi connectivity index (χ2n) is 7.08. The summed E-state index contributed by atoms with van der Waals surface area (Å²) in [5.74, 6) is -0.647. The minimum atomic E-state index is -3.58. The number of amides is 1. The SMILES string of the molecule is Cc1ccc(NC(=O)C2CCN(S(=O)(=O)Cc3c(Cl)cccc3Cl)CC2)cc1Cl. The average Bonchev–Trinajstić information content (AvgIpc) is 2.68. The fourth-order valence-corrected chi connectivity index (χ4v) is 5.75. The summed E-state index contributed by atoms with van der Waals surface area (Å²) in [6, 6.07) is 10.3. The summed E-state index contributed by atoms with van der Waals surface area (Å²) in [7, 11) is -3.58. The van der Waals surface area contributed by atoms with Crippen LogP contribution >= 0.6 is 34.8 Å². The van der Waals surface area contributed by atoms with Gasteiger partial charge >= 0.3 is 0 Å². The van der Waals surface area contributed by atoms with Crippen LogP contribution in [0, 0.1) is 12.8 Å². The van der Waals surface area contributed by atoms with Crippen LogP contribution in [0.4, 0.5) is 5.69 Å². The third kappa shape index (κ3) is 5.44. The number of piperidine rings is 1. The number of nitrogens with zero attached hydrogens (tertiary/aromatic N) is 1. The smallest absolute Gasteiger partial charge is 0.227 e. The van der Waals surface area contributed by atoms with E-state index >= 15 is 0 Å². The second-order valence-corrected chi connectivity index (χ2v) is 10.3. The van der Waals surface area contributed by atoms with Gasteiger partial charge < -0.3 is 5.32 Å². The number of hydrogen-bond acceptors (Lipinski definition) is 3. The van der Waals surface area contributed by atoms with Gasteiger partial charge in [0.25, 0.3) is 0 Å². The lowest BCUT2D eigenvalue weighted by atomic mass is 9.97. The van der Waals surface area contributed by atoms with Gasteiger partial charge in [-0.05, 0) is 49.6 Å². The number of hydrogen-bond donors (Lipinski definition) is 1. The van der Waals surface area contributed by atoms with E-state index < -0.39 is 10.0 Å². The van der Waals surface area contributed by atoms with E-state index in [2.05, 4.69) is 5.32 Å². The van der Waals surface area contributed by atoms with Crippen LogP contribution < -0.4 is 5.32 Å². The maximum Gasteiger partial charge on any atom is 0.227 e. The van der Waals surface area contributed by atoms with Crippen molar-refractivity contribution >= 4 is 56.4 Å². The number of carbonyl (C=O) groups is 1. The Morgan fingerprint density at radius 3 is 2.28 bits per heavy atom. The molecule has 0 bridgehead atoms. The summed E-state index contributed by atoms with van der Waals surface area (Å²) >= 11 is 18.3. The fourth-order valence-electron chi connectivity index (χ4n) is 3.26. The summed E-state index contributed by atoms with van der Waals surface area (Å²) in [4.78, 5) is 12.5. The molecule has 3 rings (SSSR count). The fraction of sp³-hybridized carbons (Fsp3) is 0.350. The van der Waals surface area contributed by atoms with Crippen molar-refractivity contribution in [2.45, 2.75) is 25.5 Å². The molecule has 1 amide bonds. The highest BCUT2D eigenvalue weighted by Gasteiger charge is 2.32. The minimum absolute atomic E-state index is 0.129. The molecule has 2 aromatic carbocycles. The molecule has 29 heavy (non-hydrogen) atoms. The van der Waals surface area contributed by atoms with Crippen molar-refractivity contribution in [3.05, 3.63) is 62.6 Å². The van der Waals surface area contributed by atoms with Crippen LogP contribution in [0.2, 0.25) is 15.1 Å². The van der Waals surface area contributed by atoms with Crippen LogP contribution in [0.15, 0.2) is 36.4 Å². The molecule has 0 radical (unpaired) electrons. The molecule has 1 heterocycles. The molecule has 1 aliphatic rings. The van der Waals surface area contributed by atoms with Crippen LogP contribution in [0.3, 0.4) is 0 Å². The van der Waals surface area contributed by atoms with Gasteiger partial charge in [0, 0.05) is 45.3 Å². The van der Waals surface area contributed by atoms with Gasteiger partial charge in [-0.3, -0.25) is 4.79 Å². The number of halogens is 3. The second kappa shape index (κ2) is 9.23. The number of rotatable bonds is 5. The number of nitrogens with one attached hydrogen (secondary N) is 1. The Kier molecular flexibility index (Phi) is 7.12. The first-order valence-electron chi connectivity index (χ1n) is 9.15. The number of anilines is 1. The lowest BCUT2D eigenvalue weighted by Gasteiger charge is -2.30. The van der Waals surface area contributed by atoms with Crippen LogP contribution in [0.25, 0.3) is 0 Å². The van der Waals surface area contributed by atoms with Gasteiger partial charge in [0.05, 0.1) is 5.75 Å². The van der Waals surface area contributed by atoms with Gasteiger partial charge in [0.2, 0.25) is 15.9 Å². The van der Waals surface area contributed by atoms with Gasteiger partial charge in [-0.1, -0.05) is 46.9 Å². The van der Waals surface area contributed by atoms with Gasteiger partial charge in [-0.15, -0.1) is 0 Å². The number of carbonyl (C=O) groups excluding carboxylic acids is 1. The van der Waals surface area contributed by atoms with Crippen molar-refractivity contribution in [3.63, 3.8) is 0 Å². The minimum Gasteiger partial charge on any atom is -0.326 e. The topological polar surface area (TPSA) is 66.5 Å². The van der Waals surface area contributed by atoms with E-state index in [4.69, 9.17) is 34.8 Å². The zero-order valence-electron chi connectivity index (χ0n) is 15.8. The molecule has 1 aliphatic heterocycles. The van der Waals surface area contributed by atoms with E-state index in [1.54, 1.807) is 30.3 Å². The molecule has 0 aromatic heterocycles. The standard InChI is InChI=1S/C20H21Cl3N2O3S/c1-13-5-6-15(11-19(13)23)24-20(26)14-7-9-25(10-8-14)29(27,28)12-16-17(21)3-2-4-18(16)22/h2-6,11,14H,7-10,12H2,1H3,(H,24,26). The highest BCUT2D eigenvalue weighted by molar-refractivity contribution is 7.88. The summed E-state index contributed by atoms with van der Waals surface area (Å²) in [5.41, 5.74) is 1.96. The zero-order chi connectivity index (χ0) is 21.2. The summed E-state index contributed by atoms with van der Waals surface area (Å²) < 4.78 is 27.0. The van der Waals surface area contributed by atoms with Crippen LogP contribution in [0.5, 0.6) is 0 Å². The Morgan fingerprint density at radius 2 is 1.69 bits per heavy atom. The third-order valence-corrected chi connectivity index (χ3v) is 7.97. The Hall–Kier alpha value is -1.31. The van der Waals surface area contributed by atoms with Gasteiger partial charge in [-0.25, -0.2) is 12.7 Å². The maximum absolute atomic E-state index is 12.8. The molecular formula is C20H21Cl3N2O3S. The zero-order valence-corrected chi connectivity index (χ0v) is 18.9. The third-order valence-electron chi connectivity index (χ3n) is 5.05. The van der Waals surface area contributed by atoms with Crippen molar-refractivity contribution in [1.82, 2.24) is 4.31 Å². The Bertz CT molecular complexity index is 999. The predicted octanol–water partition coefficient (Wildman–Crippen LogP) is 5.14. The first-order valence-corrected chi connectivity index (χ1v) is 11.9. The Labute approximate surface area is 186 Å². The number of aryl methyl sites for hydroxylation is 1. The van der Waals surface area contributed by atoms with Gasteiger partial charge in [0.15, 0.2) is 0 Å².